The molecule has 2 rings (SSSR count). The van der Waals surface area contributed by atoms with Crippen LogP contribution in [0, 0.1) is 0 Å². The second-order valence-electron chi connectivity index (χ2n) is 8.54. The molecule has 37 heavy (non-hydrogen) atoms. The van der Waals surface area contributed by atoms with Gasteiger partial charge in [-0.3, -0.25) is 0 Å². The lowest BCUT2D eigenvalue weighted by Gasteiger charge is -2.23. The van der Waals surface area contributed by atoms with E-state index in [1.807, 2.05) is 30.3 Å². The Kier molecular flexibility index (Phi) is 12.8. The monoisotopic (exact) mass is 522 g/mol. The lowest BCUT2D eigenvalue weighted by molar-refractivity contribution is -0.149. The van der Waals surface area contributed by atoms with Gasteiger partial charge in [-0.2, -0.15) is 0 Å². The lowest BCUT2D eigenvalue weighted by atomic mass is 10.1. The van der Waals surface area contributed by atoms with Gasteiger partial charge in [-0.05, 0) is 37.1 Å². The standard InChI is InChI=1S/C27H36F2N2O6/c1-3-36-24(25(32)33)19-21-9-11-23(12-10-21)37-18-15-31(14-17-35-16-13-27(2,28)29)26(34)30-20-22-7-5-4-6-8-22/h4-12,24H,3,13-20H2,1-2H3,(H,30,34)(H,32,33). The van der Waals surface area contributed by atoms with Crippen molar-refractivity contribution in [3.05, 3.63) is 65.7 Å². The minimum absolute atomic E-state index is 0.0994. The number of carbonyl (C=O) groups is 2. The first kappa shape index (κ1) is 30.0. The summed E-state index contributed by atoms with van der Waals surface area (Å²) in [6.45, 7) is 3.92. The van der Waals surface area contributed by atoms with E-state index in [1.54, 1.807) is 31.2 Å². The molecule has 2 N–H and O–H groups in total. The van der Waals surface area contributed by atoms with Crippen molar-refractivity contribution in [1.82, 2.24) is 10.2 Å². The third-order valence-electron chi connectivity index (χ3n) is 5.38. The molecule has 0 aliphatic heterocycles. The highest BCUT2D eigenvalue weighted by atomic mass is 19.3. The highest BCUT2D eigenvalue weighted by Gasteiger charge is 2.21. The van der Waals surface area contributed by atoms with Gasteiger partial charge >= 0.3 is 12.0 Å². The zero-order valence-corrected chi connectivity index (χ0v) is 21.3. The van der Waals surface area contributed by atoms with Crippen LogP contribution >= 0.6 is 0 Å². The number of nitrogens with zero attached hydrogens (tertiary/aromatic N) is 1. The van der Waals surface area contributed by atoms with Crippen LogP contribution in [0.2, 0.25) is 0 Å². The van der Waals surface area contributed by atoms with Crippen LogP contribution in [-0.4, -0.2) is 73.6 Å². The van der Waals surface area contributed by atoms with Crippen LogP contribution in [0.15, 0.2) is 54.6 Å². The average Bonchev–Trinajstić information content (AvgIpc) is 2.86. The van der Waals surface area contributed by atoms with E-state index in [2.05, 4.69) is 5.32 Å². The maximum Gasteiger partial charge on any atom is 0.333 e. The second kappa shape index (κ2) is 15.8. The van der Waals surface area contributed by atoms with E-state index in [1.165, 1.54) is 4.90 Å². The number of nitrogens with one attached hydrogen (secondary N) is 1. The van der Waals surface area contributed by atoms with Crippen molar-refractivity contribution < 1.29 is 37.7 Å². The molecule has 0 saturated carbocycles. The number of benzene rings is 2. The van der Waals surface area contributed by atoms with Crippen molar-refractivity contribution in [3.63, 3.8) is 0 Å². The molecule has 0 aliphatic rings. The number of carboxylic acids is 1. The Labute approximate surface area is 216 Å². The molecule has 0 spiro atoms. The molecule has 10 heteroatoms. The van der Waals surface area contributed by atoms with Crippen molar-refractivity contribution in [1.29, 1.82) is 0 Å². The van der Waals surface area contributed by atoms with E-state index < -0.39 is 18.0 Å². The van der Waals surface area contributed by atoms with Crippen LogP contribution in [0.4, 0.5) is 13.6 Å². The van der Waals surface area contributed by atoms with Crippen LogP contribution < -0.4 is 10.1 Å². The van der Waals surface area contributed by atoms with Gasteiger partial charge in [0.2, 0.25) is 5.92 Å². The summed E-state index contributed by atoms with van der Waals surface area (Å²) in [6, 6.07) is 16.1. The first-order chi connectivity index (χ1) is 17.7. The molecule has 0 saturated heterocycles. The van der Waals surface area contributed by atoms with Crippen LogP contribution in [0.5, 0.6) is 5.75 Å². The van der Waals surface area contributed by atoms with E-state index in [-0.39, 0.29) is 51.8 Å². The molecule has 2 aromatic carbocycles. The third-order valence-corrected chi connectivity index (χ3v) is 5.38. The Bertz CT molecular complexity index is 938. The van der Waals surface area contributed by atoms with Gasteiger partial charge in [0.05, 0.1) is 19.8 Å². The van der Waals surface area contributed by atoms with Crippen molar-refractivity contribution in [2.45, 2.75) is 45.3 Å². The molecule has 0 heterocycles. The summed E-state index contributed by atoms with van der Waals surface area (Å²) in [4.78, 5) is 25.6. The number of ether oxygens (including phenoxy) is 3. The predicted molar refractivity (Wildman–Crippen MR) is 135 cm³/mol. The maximum atomic E-state index is 13.0. The smallest absolute Gasteiger partial charge is 0.333 e. The van der Waals surface area contributed by atoms with Crippen molar-refractivity contribution >= 4 is 12.0 Å². The number of hydrogen-bond acceptors (Lipinski definition) is 5. The lowest BCUT2D eigenvalue weighted by Crippen LogP contribution is -2.43. The summed E-state index contributed by atoms with van der Waals surface area (Å²) in [5.74, 6) is -3.24. The highest BCUT2D eigenvalue weighted by molar-refractivity contribution is 5.74. The number of halogens is 2. The van der Waals surface area contributed by atoms with E-state index in [0.29, 0.717) is 18.9 Å². The Balaban J connectivity index is 1.87. The van der Waals surface area contributed by atoms with E-state index in [4.69, 9.17) is 14.2 Å². The fourth-order valence-corrected chi connectivity index (χ4v) is 3.36. The molecule has 0 bridgehead atoms. The number of urea groups is 1. The van der Waals surface area contributed by atoms with Crippen LogP contribution in [0.1, 0.15) is 31.4 Å². The highest BCUT2D eigenvalue weighted by Crippen LogP contribution is 2.16. The number of aliphatic carboxylic acids is 1. The molecular formula is C27H36F2N2O6. The zero-order valence-electron chi connectivity index (χ0n) is 21.3. The van der Waals surface area contributed by atoms with Crippen LogP contribution in [0.25, 0.3) is 0 Å². The van der Waals surface area contributed by atoms with Gasteiger partial charge in [-0.25, -0.2) is 18.4 Å². The third kappa shape index (κ3) is 12.5. The average molecular weight is 523 g/mol. The normalized spacial score (nSPS) is 12.1. The molecule has 0 aromatic heterocycles. The van der Waals surface area contributed by atoms with Gasteiger partial charge in [-0.15, -0.1) is 0 Å². The van der Waals surface area contributed by atoms with Gasteiger partial charge < -0.3 is 29.5 Å². The fourth-order valence-electron chi connectivity index (χ4n) is 3.36. The molecule has 1 atom stereocenters. The van der Waals surface area contributed by atoms with Gasteiger partial charge in [-0.1, -0.05) is 42.5 Å². The summed E-state index contributed by atoms with van der Waals surface area (Å²) in [5.41, 5.74) is 1.74. The molecule has 0 radical (unpaired) electrons. The fraction of sp³-hybridized carbons (Fsp3) is 0.481. The Morgan fingerprint density at radius 2 is 1.68 bits per heavy atom. The second-order valence-corrected chi connectivity index (χ2v) is 8.54. The quantitative estimate of drug-likeness (QED) is 0.300. The van der Waals surface area contributed by atoms with Gasteiger partial charge in [0.1, 0.15) is 12.4 Å². The van der Waals surface area contributed by atoms with Gasteiger partial charge in [0.25, 0.3) is 0 Å². The molecule has 2 amide bonds. The van der Waals surface area contributed by atoms with Crippen molar-refractivity contribution in [2.75, 3.05) is 39.5 Å². The summed E-state index contributed by atoms with van der Waals surface area (Å²) in [5, 5.41) is 12.1. The Hall–Kier alpha value is -3.24. The Morgan fingerprint density at radius 1 is 1.00 bits per heavy atom. The van der Waals surface area contributed by atoms with E-state index in [0.717, 1.165) is 18.1 Å². The molecule has 2 aromatic rings. The number of amides is 2. The topological polar surface area (TPSA) is 97.3 Å². The molecule has 0 aliphatic carbocycles. The molecule has 0 fully saturated rings. The summed E-state index contributed by atoms with van der Waals surface area (Å²) < 4.78 is 42.3. The molecule has 204 valence electrons. The summed E-state index contributed by atoms with van der Waals surface area (Å²) in [6.07, 6.45) is -1.06. The number of carboxylic acid groups (broad SMARTS) is 1. The minimum Gasteiger partial charge on any atom is -0.492 e. The van der Waals surface area contributed by atoms with Gasteiger partial charge in [0.15, 0.2) is 6.10 Å². The number of rotatable bonds is 17. The molecular weight excluding hydrogens is 486 g/mol. The number of alkyl halides is 2. The predicted octanol–water partition coefficient (Wildman–Crippen LogP) is 4.37. The van der Waals surface area contributed by atoms with Crippen molar-refractivity contribution in [2.24, 2.45) is 0 Å². The largest absolute Gasteiger partial charge is 0.492 e. The van der Waals surface area contributed by atoms with Crippen LogP contribution in [0.3, 0.4) is 0 Å². The molecule has 1 unspecified atom stereocenters. The molecule has 8 nitrogen and oxygen atoms in total. The van der Waals surface area contributed by atoms with E-state index in [9.17, 15) is 23.5 Å². The maximum absolute atomic E-state index is 13.0. The van der Waals surface area contributed by atoms with E-state index >= 15 is 0 Å². The summed E-state index contributed by atoms with van der Waals surface area (Å²) >= 11 is 0. The minimum atomic E-state index is -2.80. The Morgan fingerprint density at radius 3 is 2.30 bits per heavy atom. The first-order valence-corrected chi connectivity index (χ1v) is 12.3. The zero-order chi connectivity index (χ0) is 27.1. The van der Waals surface area contributed by atoms with Crippen LogP contribution in [-0.2, 0) is 27.2 Å². The van der Waals surface area contributed by atoms with Gasteiger partial charge in [0, 0.05) is 32.5 Å². The van der Waals surface area contributed by atoms with Crippen molar-refractivity contribution in [3.8, 4) is 5.75 Å². The number of carbonyl (C=O) groups excluding carboxylic acids is 1. The number of hydrogen-bond donors (Lipinski definition) is 2. The summed E-state index contributed by atoms with van der Waals surface area (Å²) in [7, 11) is 0. The SMILES string of the molecule is CCOC(Cc1ccc(OCCN(CCOCCC(C)(F)F)C(=O)NCc2ccccc2)cc1)C(=O)O. The first-order valence-electron chi connectivity index (χ1n) is 12.3.